The van der Waals surface area contributed by atoms with Crippen molar-refractivity contribution in [2.45, 2.75) is 46.6 Å². The lowest BCUT2D eigenvalue weighted by Gasteiger charge is -2.32. The third kappa shape index (κ3) is 6.06. The van der Waals surface area contributed by atoms with Crippen LogP contribution in [-0.4, -0.2) is 17.4 Å². The number of carbonyl (C=O) groups is 2. The molecule has 15 heavy (non-hydrogen) atoms. The Labute approximate surface area is 90.8 Å². The van der Waals surface area contributed by atoms with E-state index in [0.29, 0.717) is 0 Å². The van der Waals surface area contributed by atoms with E-state index in [2.05, 4.69) is 26.1 Å². The van der Waals surface area contributed by atoms with Gasteiger partial charge >= 0.3 is 11.8 Å². The number of hydrazine groups is 1. The van der Waals surface area contributed by atoms with Crippen LogP contribution in [0.25, 0.3) is 0 Å². The fourth-order valence-corrected chi connectivity index (χ4v) is 1.80. The van der Waals surface area contributed by atoms with Gasteiger partial charge in [-0.1, -0.05) is 20.8 Å². The van der Waals surface area contributed by atoms with E-state index >= 15 is 0 Å². The van der Waals surface area contributed by atoms with Crippen molar-refractivity contribution in [2.75, 3.05) is 0 Å². The monoisotopic (exact) mass is 215 g/mol. The highest BCUT2D eigenvalue weighted by molar-refractivity contribution is 6.35. The summed E-state index contributed by atoms with van der Waals surface area (Å²) in [6, 6.07) is 0. The molecule has 0 aromatic heterocycles. The van der Waals surface area contributed by atoms with Crippen molar-refractivity contribution in [1.82, 2.24) is 10.7 Å². The summed E-state index contributed by atoms with van der Waals surface area (Å²) in [5, 5.41) is 2.63. The molecule has 0 unspecified atom stereocenters. The third-order valence-corrected chi connectivity index (χ3v) is 1.76. The minimum absolute atomic E-state index is 0.0793. The number of nitrogens with two attached hydrogens (primary N) is 1. The van der Waals surface area contributed by atoms with Crippen molar-refractivity contribution >= 4 is 11.8 Å². The number of amides is 2. The maximum Gasteiger partial charge on any atom is 0.323 e. The molecule has 0 bridgehead atoms. The second-order valence-electron chi connectivity index (χ2n) is 5.55. The van der Waals surface area contributed by atoms with E-state index < -0.39 is 17.4 Å². The minimum atomic E-state index is -0.822. The Hall–Kier alpha value is -1.10. The van der Waals surface area contributed by atoms with Gasteiger partial charge in [-0.05, 0) is 25.7 Å². The number of carbonyl (C=O) groups excluding carboxylic acids is 2. The van der Waals surface area contributed by atoms with Gasteiger partial charge < -0.3 is 5.32 Å². The summed E-state index contributed by atoms with van der Waals surface area (Å²) >= 11 is 0. The summed E-state index contributed by atoms with van der Waals surface area (Å²) in [6.45, 7) is 9.97. The standard InChI is InChI=1S/C10H21N3O2/c1-9(2,3)6-10(4,5)12-7(14)8(15)13-11/h6,11H2,1-5H3,(H,12,14)(H,13,15). The van der Waals surface area contributed by atoms with Gasteiger partial charge in [0.25, 0.3) is 0 Å². The van der Waals surface area contributed by atoms with Gasteiger partial charge in [-0.3, -0.25) is 15.0 Å². The first-order valence-corrected chi connectivity index (χ1v) is 4.90. The Bertz CT molecular complexity index is 254. The SMILES string of the molecule is CC(C)(C)CC(C)(C)NC(=O)C(=O)NN. The maximum atomic E-state index is 11.3. The van der Waals surface area contributed by atoms with Gasteiger partial charge in [0.15, 0.2) is 0 Å². The van der Waals surface area contributed by atoms with Crippen LogP contribution in [0.5, 0.6) is 0 Å². The van der Waals surface area contributed by atoms with Crippen molar-refractivity contribution in [3.05, 3.63) is 0 Å². The van der Waals surface area contributed by atoms with Gasteiger partial charge in [-0.15, -0.1) is 0 Å². The first-order chi connectivity index (χ1) is 6.57. The van der Waals surface area contributed by atoms with Crippen molar-refractivity contribution in [3.63, 3.8) is 0 Å². The summed E-state index contributed by atoms with van der Waals surface area (Å²) in [4.78, 5) is 22.2. The molecular weight excluding hydrogens is 194 g/mol. The minimum Gasteiger partial charge on any atom is -0.343 e. The number of rotatable bonds is 2. The third-order valence-electron chi connectivity index (χ3n) is 1.76. The summed E-state index contributed by atoms with van der Waals surface area (Å²) in [7, 11) is 0. The quantitative estimate of drug-likeness (QED) is 0.268. The summed E-state index contributed by atoms with van der Waals surface area (Å²) in [6.07, 6.45) is 0.767. The molecule has 5 heteroatoms. The molecule has 0 heterocycles. The summed E-state index contributed by atoms with van der Waals surface area (Å²) in [5.41, 5.74) is 1.45. The van der Waals surface area contributed by atoms with Crippen LogP contribution in [-0.2, 0) is 9.59 Å². The Balaban J connectivity index is 4.38. The maximum absolute atomic E-state index is 11.3. The largest absolute Gasteiger partial charge is 0.343 e. The highest BCUT2D eigenvalue weighted by Gasteiger charge is 2.28. The molecule has 0 aliphatic heterocycles. The normalized spacial score (nSPS) is 12.1. The van der Waals surface area contributed by atoms with Crippen molar-refractivity contribution in [3.8, 4) is 0 Å². The lowest BCUT2D eigenvalue weighted by molar-refractivity contribution is -0.140. The van der Waals surface area contributed by atoms with E-state index in [1.54, 1.807) is 5.43 Å². The van der Waals surface area contributed by atoms with E-state index in [-0.39, 0.29) is 5.41 Å². The van der Waals surface area contributed by atoms with E-state index in [1.807, 2.05) is 13.8 Å². The highest BCUT2D eigenvalue weighted by Crippen LogP contribution is 2.26. The Morgan fingerprint density at radius 3 is 1.87 bits per heavy atom. The van der Waals surface area contributed by atoms with Gasteiger partial charge in [0.05, 0.1) is 0 Å². The van der Waals surface area contributed by atoms with Crippen LogP contribution >= 0.6 is 0 Å². The van der Waals surface area contributed by atoms with Gasteiger partial charge in [0.2, 0.25) is 0 Å². The Morgan fingerprint density at radius 1 is 1.07 bits per heavy atom. The molecule has 0 saturated heterocycles. The van der Waals surface area contributed by atoms with E-state index in [0.717, 1.165) is 6.42 Å². The Morgan fingerprint density at radius 2 is 1.53 bits per heavy atom. The van der Waals surface area contributed by atoms with Crippen LogP contribution in [0.15, 0.2) is 0 Å². The molecule has 0 fully saturated rings. The molecule has 0 atom stereocenters. The zero-order valence-corrected chi connectivity index (χ0v) is 10.1. The van der Waals surface area contributed by atoms with Crippen LogP contribution in [0.1, 0.15) is 41.0 Å². The smallest absolute Gasteiger partial charge is 0.323 e. The zero-order chi connectivity index (χ0) is 12.3. The van der Waals surface area contributed by atoms with E-state index in [1.165, 1.54) is 0 Å². The first kappa shape index (κ1) is 13.9. The van der Waals surface area contributed by atoms with Crippen LogP contribution in [0.3, 0.4) is 0 Å². The number of hydrogen-bond donors (Lipinski definition) is 3. The summed E-state index contributed by atoms with van der Waals surface area (Å²) in [5.74, 6) is 3.33. The predicted molar refractivity (Wildman–Crippen MR) is 58.6 cm³/mol. The first-order valence-electron chi connectivity index (χ1n) is 4.90. The molecule has 0 rings (SSSR count). The van der Waals surface area contributed by atoms with E-state index in [9.17, 15) is 9.59 Å². The van der Waals surface area contributed by atoms with Gasteiger partial charge in [0, 0.05) is 5.54 Å². The van der Waals surface area contributed by atoms with Crippen molar-refractivity contribution < 1.29 is 9.59 Å². The zero-order valence-electron chi connectivity index (χ0n) is 10.1. The fourth-order valence-electron chi connectivity index (χ4n) is 1.80. The molecule has 0 aliphatic carbocycles. The topological polar surface area (TPSA) is 84.2 Å². The second kappa shape index (κ2) is 4.61. The van der Waals surface area contributed by atoms with Gasteiger partial charge in [-0.2, -0.15) is 0 Å². The average Bonchev–Trinajstić information content (AvgIpc) is 1.96. The van der Waals surface area contributed by atoms with Crippen LogP contribution in [0, 0.1) is 5.41 Å². The lowest BCUT2D eigenvalue weighted by atomic mass is 9.82. The molecule has 0 aromatic carbocycles. The van der Waals surface area contributed by atoms with Crippen LogP contribution < -0.4 is 16.6 Å². The fraction of sp³-hybridized carbons (Fsp3) is 0.800. The predicted octanol–water partition coefficient (Wildman–Crippen LogP) is 0.307. The number of nitrogens with one attached hydrogen (secondary N) is 2. The highest BCUT2D eigenvalue weighted by atomic mass is 16.2. The Kier molecular flexibility index (Phi) is 4.27. The molecule has 4 N–H and O–H groups in total. The molecule has 5 nitrogen and oxygen atoms in total. The molecule has 0 spiro atoms. The van der Waals surface area contributed by atoms with Gasteiger partial charge in [-0.25, -0.2) is 5.84 Å². The van der Waals surface area contributed by atoms with Crippen LogP contribution in [0.4, 0.5) is 0 Å². The van der Waals surface area contributed by atoms with E-state index in [4.69, 9.17) is 5.84 Å². The van der Waals surface area contributed by atoms with Crippen molar-refractivity contribution in [2.24, 2.45) is 11.3 Å². The van der Waals surface area contributed by atoms with Crippen LogP contribution in [0.2, 0.25) is 0 Å². The molecule has 0 saturated carbocycles. The molecular formula is C10H21N3O2. The lowest BCUT2D eigenvalue weighted by Crippen LogP contribution is -2.52. The second-order valence-corrected chi connectivity index (χ2v) is 5.55. The summed E-state index contributed by atoms with van der Waals surface area (Å²) < 4.78 is 0. The molecule has 88 valence electrons. The number of hydrogen-bond acceptors (Lipinski definition) is 3. The average molecular weight is 215 g/mol. The molecule has 0 aliphatic rings. The van der Waals surface area contributed by atoms with Crippen molar-refractivity contribution in [1.29, 1.82) is 0 Å². The van der Waals surface area contributed by atoms with Gasteiger partial charge in [0.1, 0.15) is 0 Å². The molecule has 0 aromatic rings. The molecule has 2 amide bonds. The molecule has 0 radical (unpaired) electrons.